The molecule has 0 saturated heterocycles. The number of hydrogen-bond donors (Lipinski definition) is 1. The summed E-state index contributed by atoms with van der Waals surface area (Å²) in [5, 5.41) is 16.7. The molecule has 1 heterocycles. The van der Waals surface area contributed by atoms with E-state index in [1.54, 1.807) is 4.68 Å². The van der Waals surface area contributed by atoms with Crippen LogP contribution in [0.4, 0.5) is 0 Å². The van der Waals surface area contributed by atoms with E-state index in [-0.39, 0.29) is 0 Å². The summed E-state index contributed by atoms with van der Waals surface area (Å²) in [5.41, 5.74) is 0. The first kappa shape index (κ1) is 12.8. The van der Waals surface area contributed by atoms with Crippen LogP contribution in [0.3, 0.4) is 0 Å². The fraction of sp³-hybridized carbons (Fsp3) is 0.909. The van der Waals surface area contributed by atoms with Crippen LogP contribution in [-0.4, -0.2) is 38.0 Å². The maximum Gasteiger partial charge on any atom is 0.209 e. The van der Waals surface area contributed by atoms with Gasteiger partial charge in [0.05, 0.1) is 0 Å². The summed E-state index contributed by atoms with van der Waals surface area (Å²) in [6.45, 7) is 5.54. The van der Waals surface area contributed by atoms with Gasteiger partial charge >= 0.3 is 0 Å². The lowest BCUT2D eigenvalue weighted by Crippen LogP contribution is -2.42. The second-order valence-corrected chi connectivity index (χ2v) is 6.03. The number of thioether (sulfide) groups is 1. The highest BCUT2D eigenvalue weighted by Crippen LogP contribution is 2.35. The third-order valence-corrected chi connectivity index (χ3v) is 4.74. The molecular formula is C11H21N5S. The van der Waals surface area contributed by atoms with Crippen LogP contribution in [0.5, 0.6) is 0 Å². The molecule has 1 fully saturated rings. The molecule has 1 aliphatic rings. The second-order valence-electron chi connectivity index (χ2n) is 4.82. The lowest BCUT2D eigenvalue weighted by atomic mass is 9.87. The maximum atomic E-state index is 4.07. The molecule has 96 valence electrons. The Morgan fingerprint density at radius 2 is 2.29 bits per heavy atom. The van der Waals surface area contributed by atoms with Gasteiger partial charge in [0.1, 0.15) is 0 Å². The molecule has 17 heavy (non-hydrogen) atoms. The Morgan fingerprint density at radius 1 is 1.47 bits per heavy atom. The zero-order valence-corrected chi connectivity index (χ0v) is 11.6. The van der Waals surface area contributed by atoms with E-state index in [1.165, 1.54) is 19.3 Å². The molecule has 0 aromatic carbocycles. The van der Waals surface area contributed by atoms with Gasteiger partial charge in [0.25, 0.3) is 0 Å². The van der Waals surface area contributed by atoms with E-state index in [9.17, 15) is 0 Å². The van der Waals surface area contributed by atoms with E-state index in [0.717, 1.165) is 17.6 Å². The summed E-state index contributed by atoms with van der Waals surface area (Å²) < 4.78 is 1.76. The van der Waals surface area contributed by atoms with Crippen molar-refractivity contribution >= 4 is 11.8 Å². The van der Waals surface area contributed by atoms with Crippen LogP contribution in [0.2, 0.25) is 0 Å². The molecule has 1 aliphatic carbocycles. The second kappa shape index (κ2) is 5.82. The molecule has 6 heteroatoms. The highest BCUT2D eigenvalue weighted by atomic mass is 32.2. The Hall–Kier alpha value is -0.620. The Balaban J connectivity index is 2.02. The summed E-state index contributed by atoms with van der Waals surface area (Å²) >= 11 is 1.81. The zero-order valence-electron chi connectivity index (χ0n) is 10.8. The molecule has 1 N–H and O–H groups in total. The SMILES string of the molecule is CCNC1CCC(C)CC1Sc1nnnn1C. The van der Waals surface area contributed by atoms with Gasteiger partial charge in [0.2, 0.25) is 5.16 Å². The van der Waals surface area contributed by atoms with Crippen LogP contribution >= 0.6 is 11.8 Å². The largest absolute Gasteiger partial charge is 0.313 e. The summed E-state index contributed by atoms with van der Waals surface area (Å²) in [5.74, 6) is 0.809. The first-order chi connectivity index (χ1) is 8.20. The molecule has 1 saturated carbocycles. The number of tetrazole rings is 1. The predicted molar refractivity (Wildman–Crippen MR) is 68.9 cm³/mol. The zero-order chi connectivity index (χ0) is 12.3. The molecule has 0 spiro atoms. The molecule has 3 unspecified atom stereocenters. The first-order valence-electron chi connectivity index (χ1n) is 6.33. The minimum Gasteiger partial charge on any atom is -0.313 e. The maximum absolute atomic E-state index is 4.07. The van der Waals surface area contributed by atoms with Crippen molar-refractivity contribution < 1.29 is 0 Å². The van der Waals surface area contributed by atoms with Gasteiger partial charge in [-0.05, 0) is 42.2 Å². The van der Waals surface area contributed by atoms with Gasteiger partial charge in [-0.15, -0.1) is 5.10 Å². The minimum atomic E-state index is 0.586. The first-order valence-corrected chi connectivity index (χ1v) is 7.21. The van der Waals surface area contributed by atoms with E-state index in [4.69, 9.17) is 0 Å². The third kappa shape index (κ3) is 3.19. The van der Waals surface area contributed by atoms with Crippen LogP contribution in [0.25, 0.3) is 0 Å². The van der Waals surface area contributed by atoms with Crippen molar-refractivity contribution in [3.8, 4) is 0 Å². The normalized spacial score (nSPS) is 29.5. The smallest absolute Gasteiger partial charge is 0.209 e. The van der Waals surface area contributed by atoms with Gasteiger partial charge in [-0.25, -0.2) is 4.68 Å². The molecule has 0 radical (unpaired) electrons. The summed E-state index contributed by atoms with van der Waals surface area (Å²) in [6.07, 6.45) is 3.83. The summed E-state index contributed by atoms with van der Waals surface area (Å²) in [7, 11) is 1.90. The van der Waals surface area contributed by atoms with Gasteiger partial charge < -0.3 is 5.32 Å². The Bertz CT molecular complexity index is 353. The number of rotatable bonds is 4. The van der Waals surface area contributed by atoms with Crippen molar-refractivity contribution in [2.24, 2.45) is 13.0 Å². The topological polar surface area (TPSA) is 55.6 Å². The van der Waals surface area contributed by atoms with Crippen LogP contribution in [0, 0.1) is 5.92 Å². The molecule has 0 aliphatic heterocycles. The standard InChI is InChI=1S/C11H21N5S/c1-4-12-9-6-5-8(2)7-10(9)17-11-13-14-15-16(11)3/h8-10,12H,4-7H2,1-3H3. The Morgan fingerprint density at radius 3 is 2.94 bits per heavy atom. The lowest BCUT2D eigenvalue weighted by molar-refractivity contribution is 0.320. The number of aryl methyl sites for hydroxylation is 1. The molecule has 1 aromatic heterocycles. The molecule has 0 bridgehead atoms. The van der Waals surface area contributed by atoms with E-state index in [1.807, 2.05) is 18.8 Å². The molecule has 3 atom stereocenters. The average Bonchev–Trinajstić information content (AvgIpc) is 2.69. The van der Waals surface area contributed by atoms with Crippen molar-refractivity contribution in [3.05, 3.63) is 0 Å². The van der Waals surface area contributed by atoms with Crippen molar-refractivity contribution in [2.75, 3.05) is 6.54 Å². The van der Waals surface area contributed by atoms with Crippen molar-refractivity contribution in [1.29, 1.82) is 0 Å². The number of nitrogens with one attached hydrogen (secondary N) is 1. The molecule has 5 nitrogen and oxygen atoms in total. The monoisotopic (exact) mass is 255 g/mol. The van der Waals surface area contributed by atoms with Crippen LogP contribution < -0.4 is 5.32 Å². The highest BCUT2D eigenvalue weighted by molar-refractivity contribution is 7.99. The fourth-order valence-electron chi connectivity index (χ4n) is 2.41. The van der Waals surface area contributed by atoms with E-state index in [0.29, 0.717) is 11.3 Å². The molecule has 1 aromatic rings. The number of aromatic nitrogens is 4. The van der Waals surface area contributed by atoms with Gasteiger partial charge in [-0.3, -0.25) is 0 Å². The third-order valence-electron chi connectivity index (χ3n) is 3.36. The van der Waals surface area contributed by atoms with Crippen molar-refractivity contribution in [1.82, 2.24) is 25.5 Å². The number of nitrogens with zero attached hydrogens (tertiary/aromatic N) is 4. The number of hydrogen-bond acceptors (Lipinski definition) is 5. The molecule has 0 amide bonds. The molecular weight excluding hydrogens is 234 g/mol. The average molecular weight is 255 g/mol. The Labute approximate surface area is 107 Å². The summed E-state index contributed by atoms with van der Waals surface area (Å²) in [6, 6.07) is 0.595. The minimum absolute atomic E-state index is 0.586. The van der Waals surface area contributed by atoms with Crippen LogP contribution in [0.15, 0.2) is 5.16 Å². The van der Waals surface area contributed by atoms with Gasteiger partial charge in [0, 0.05) is 18.3 Å². The fourth-order valence-corrected chi connectivity index (χ4v) is 3.78. The van der Waals surface area contributed by atoms with Gasteiger partial charge in [-0.2, -0.15) is 0 Å². The van der Waals surface area contributed by atoms with Crippen LogP contribution in [-0.2, 0) is 7.05 Å². The van der Waals surface area contributed by atoms with Gasteiger partial charge in [0.15, 0.2) is 0 Å². The van der Waals surface area contributed by atoms with Gasteiger partial charge in [-0.1, -0.05) is 25.6 Å². The Kier molecular flexibility index (Phi) is 4.39. The van der Waals surface area contributed by atoms with E-state index < -0.39 is 0 Å². The van der Waals surface area contributed by atoms with E-state index >= 15 is 0 Å². The van der Waals surface area contributed by atoms with E-state index in [2.05, 4.69) is 34.7 Å². The van der Waals surface area contributed by atoms with Crippen molar-refractivity contribution in [2.45, 2.75) is 49.6 Å². The molecule has 2 rings (SSSR count). The lowest BCUT2D eigenvalue weighted by Gasteiger charge is -2.34. The summed E-state index contributed by atoms with van der Waals surface area (Å²) in [4.78, 5) is 0. The van der Waals surface area contributed by atoms with Crippen LogP contribution in [0.1, 0.15) is 33.1 Å². The predicted octanol–water partition coefficient (Wildman–Crippen LogP) is 1.47. The quantitative estimate of drug-likeness (QED) is 0.883. The van der Waals surface area contributed by atoms with Crippen molar-refractivity contribution in [3.63, 3.8) is 0 Å². The highest BCUT2D eigenvalue weighted by Gasteiger charge is 2.30.